The number of aryl methyl sites for hydroxylation is 1. The summed E-state index contributed by atoms with van der Waals surface area (Å²) >= 11 is 0.820. The highest BCUT2D eigenvalue weighted by molar-refractivity contribution is 7.91. The zero-order valence-electron chi connectivity index (χ0n) is 12.3. The number of nitrogens with one attached hydrogen (secondary N) is 1. The molecule has 0 aromatic carbocycles. The van der Waals surface area contributed by atoms with Crippen LogP contribution in [0.4, 0.5) is 0 Å². The second-order valence-corrected chi connectivity index (χ2v) is 8.63. The lowest BCUT2D eigenvalue weighted by atomic mass is 9.85. The zero-order valence-corrected chi connectivity index (χ0v) is 13.9. The fourth-order valence-electron chi connectivity index (χ4n) is 2.84. The molecule has 2 N–H and O–H groups in total. The molecule has 1 saturated carbocycles. The van der Waals surface area contributed by atoms with E-state index in [-0.39, 0.29) is 15.1 Å². The number of carboxylic acids is 1. The molecular weight excluding hydrogens is 310 g/mol. The Hall–Kier alpha value is -0.920. The predicted molar refractivity (Wildman–Crippen MR) is 82.4 cm³/mol. The van der Waals surface area contributed by atoms with Crippen LogP contribution in [0.25, 0.3) is 0 Å². The molecule has 0 radical (unpaired) electrons. The lowest BCUT2D eigenvalue weighted by Crippen LogP contribution is -2.38. The van der Waals surface area contributed by atoms with Crippen LogP contribution < -0.4 is 4.72 Å². The van der Waals surface area contributed by atoms with E-state index in [1.165, 1.54) is 6.07 Å². The predicted octanol–water partition coefficient (Wildman–Crippen LogP) is 3.00. The lowest BCUT2D eigenvalue weighted by Gasteiger charge is -2.28. The van der Waals surface area contributed by atoms with Gasteiger partial charge in [0.15, 0.2) is 0 Å². The summed E-state index contributed by atoms with van der Waals surface area (Å²) in [6.07, 6.45) is 4.99. The average molecular weight is 331 g/mol. The normalized spacial score (nSPS) is 23.1. The second-order valence-electron chi connectivity index (χ2n) is 5.64. The van der Waals surface area contributed by atoms with Crippen molar-refractivity contribution in [1.29, 1.82) is 0 Å². The zero-order chi connectivity index (χ0) is 15.6. The molecule has 21 heavy (non-hydrogen) atoms. The lowest BCUT2D eigenvalue weighted by molar-refractivity contribution is 0.0701. The van der Waals surface area contributed by atoms with Crippen molar-refractivity contribution in [3.8, 4) is 0 Å². The summed E-state index contributed by atoms with van der Waals surface area (Å²) in [6, 6.07) is 1.40. The molecule has 5 nitrogen and oxygen atoms in total. The molecule has 0 spiro atoms. The van der Waals surface area contributed by atoms with Gasteiger partial charge in [-0.05, 0) is 37.3 Å². The number of sulfonamides is 1. The Kier molecular flexibility index (Phi) is 5.06. The number of carboxylic acid groups (broad SMARTS) is 1. The summed E-state index contributed by atoms with van der Waals surface area (Å²) in [6.45, 7) is 3.75. The molecule has 0 aliphatic heterocycles. The standard InChI is InChI=1S/C14H21NO4S2/c1-3-10-5-4-6-11(8-10)15-21(18,19)12-7-9(2)13(20-12)14(16)17/h7,10-11,15H,3-6,8H2,1-2H3,(H,16,17). The van der Waals surface area contributed by atoms with Crippen LogP contribution in [-0.2, 0) is 10.0 Å². The maximum absolute atomic E-state index is 12.4. The minimum absolute atomic E-state index is 0.0376. The van der Waals surface area contributed by atoms with Crippen LogP contribution in [0.5, 0.6) is 0 Å². The van der Waals surface area contributed by atoms with Crippen molar-refractivity contribution >= 4 is 27.3 Å². The van der Waals surface area contributed by atoms with Gasteiger partial charge in [-0.3, -0.25) is 0 Å². The molecule has 0 bridgehead atoms. The molecule has 1 aromatic heterocycles. The van der Waals surface area contributed by atoms with Gasteiger partial charge in [-0.25, -0.2) is 17.9 Å². The van der Waals surface area contributed by atoms with Crippen molar-refractivity contribution in [2.24, 2.45) is 5.92 Å². The van der Waals surface area contributed by atoms with E-state index in [1.54, 1.807) is 6.92 Å². The van der Waals surface area contributed by atoms with Gasteiger partial charge < -0.3 is 5.11 Å². The Balaban J connectivity index is 2.15. The van der Waals surface area contributed by atoms with E-state index in [0.717, 1.165) is 43.4 Å². The van der Waals surface area contributed by atoms with Crippen LogP contribution in [0.1, 0.15) is 54.3 Å². The van der Waals surface area contributed by atoms with Gasteiger partial charge in [0.05, 0.1) is 0 Å². The van der Waals surface area contributed by atoms with Crippen molar-refractivity contribution in [3.05, 3.63) is 16.5 Å². The first-order valence-corrected chi connectivity index (χ1v) is 9.49. The first kappa shape index (κ1) is 16.5. The van der Waals surface area contributed by atoms with Crippen LogP contribution in [0.2, 0.25) is 0 Å². The highest BCUT2D eigenvalue weighted by atomic mass is 32.2. The SMILES string of the molecule is CCC1CCCC(NS(=O)(=O)c2cc(C)c(C(=O)O)s2)C1. The van der Waals surface area contributed by atoms with Gasteiger partial charge >= 0.3 is 5.97 Å². The van der Waals surface area contributed by atoms with Gasteiger partial charge in [-0.2, -0.15) is 0 Å². The fourth-order valence-corrected chi connectivity index (χ4v) is 5.52. The second kappa shape index (κ2) is 6.46. The molecule has 1 fully saturated rings. The smallest absolute Gasteiger partial charge is 0.346 e. The Morgan fingerprint density at radius 2 is 2.19 bits per heavy atom. The molecule has 1 aliphatic carbocycles. The minimum atomic E-state index is -3.62. The molecule has 0 amide bonds. The largest absolute Gasteiger partial charge is 0.477 e. The highest BCUT2D eigenvalue weighted by Crippen LogP contribution is 2.30. The third-order valence-corrected chi connectivity index (χ3v) is 7.26. The van der Waals surface area contributed by atoms with Gasteiger partial charge in [-0.1, -0.05) is 26.2 Å². The minimum Gasteiger partial charge on any atom is -0.477 e. The van der Waals surface area contributed by atoms with E-state index in [1.807, 2.05) is 0 Å². The quantitative estimate of drug-likeness (QED) is 0.869. The number of carbonyl (C=O) groups is 1. The van der Waals surface area contributed by atoms with E-state index >= 15 is 0 Å². The summed E-state index contributed by atoms with van der Waals surface area (Å²) < 4.78 is 27.6. The van der Waals surface area contributed by atoms with E-state index in [9.17, 15) is 13.2 Å². The van der Waals surface area contributed by atoms with Gasteiger partial charge in [0.25, 0.3) is 0 Å². The van der Waals surface area contributed by atoms with Crippen LogP contribution in [0, 0.1) is 12.8 Å². The molecular formula is C14H21NO4S2. The molecule has 1 heterocycles. The van der Waals surface area contributed by atoms with E-state index < -0.39 is 16.0 Å². The van der Waals surface area contributed by atoms with Gasteiger partial charge in [0, 0.05) is 6.04 Å². The van der Waals surface area contributed by atoms with Gasteiger partial charge in [0.1, 0.15) is 9.09 Å². The van der Waals surface area contributed by atoms with Crippen molar-refractivity contribution in [2.45, 2.75) is 56.2 Å². The molecule has 2 atom stereocenters. The summed E-state index contributed by atoms with van der Waals surface area (Å²) in [5.74, 6) is -0.506. The highest BCUT2D eigenvalue weighted by Gasteiger charge is 2.28. The summed E-state index contributed by atoms with van der Waals surface area (Å²) in [7, 11) is -3.62. The van der Waals surface area contributed by atoms with E-state index in [4.69, 9.17) is 5.11 Å². The van der Waals surface area contributed by atoms with Gasteiger partial charge in [-0.15, -0.1) is 11.3 Å². The van der Waals surface area contributed by atoms with Crippen molar-refractivity contribution in [1.82, 2.24) is 4.72 Å². The number of rotatable bonds is 5. The Bertz CT molecular complexity index is 621. The fraction of sp³-hybridized carbons (Fsp3) is 0.643. The average Bonchev–Trinajstić information content (AvgIpc) is 2.81. The summed E-state index contributed by atoms with van der Waals surface area (Å²) in [4.78, 5) is 11.1. The number of hydrogen-bond acceptors (Lipinski definition) is 4. The molecule has 7 heteroatoms. The molecule has 2 rings (SSSR count). The Morgan fingerprint density at radius 3 is 2.76 bits per heavy atom. The molecule has 0 saturated heterocycles. The number of aromatic carboxylic acids is 1. The summed E-state index contributed by atoms with van der Waals surface area (Å²) in [5.41, 5.74) is 0.489. The van der Waals surface area contributed by atoms with E-state index in [0.29, 0.717) is 11.5 Å². The van der Waals surface area contributed by atoms with Gasteiger partial charge in [0.2, 0.25) is 10.0 Å². The maximum atomic E-state index is 12.4. The number of thiophene rings is 1. The van der Waals surface area contributed by atoms with Crippen molar-refractivity contribution in [3.63, 3.8) is 0 Å². The maximum Gasteiger partial charge on any atom is 0.346 e. The first-order valence-electron chi connectivity index (χ1n) is 7.19. The molecule has 118 valence electrons. The Morgan fingerprint density at radius 1 is 1.48 bits per heavy atom. The third kappa shape index (κ3) is 3.84. The Labute approximate surface area is 129 Å². The van der Waals surface area contributed by atoms with Crippen LogP contribution in [0.3, 0.4) is 0 Å². The third-order valence-electron chi connectivity index (χ3n) is 4.04. The molecule has 1 aromatic rings. The monoisotopic (exact) mass is 331 g/mol. The molecule has 2 unspecified atom stereocenters. The van der Waals surface area contributed by atoms with Crippen molar-refractivity contribution < 1.29 is 18.3 Å². The molecule has 1 aliphatic rings. The van der Waals surface area contributed by atoms with Crippen LogP contribution in [0.15, 0.2) is 10.3 Å². The van der Waals surface area contributed by atoms with Crippen molar-refractivity contribution in [2.75, 3.05) is 0 Å². The van der Waals surface area contributed by atoms with Crippen LogP contribution >= 0.6 is 11.3 Å². The summed E-state index contributed by atoms with van der Waals surface area (Å²) in [5, 5.41) is 9.03. The van der Waals surface area contributed by atoms with E-state index in [2.05, 4.69) is 11.6 Å². The van der Waals surface area contributed by atoms with Crippen LogP contribution in [-0.4, -0.2) is 25.5 Å². The first-order chi connectivity index (χ1) is 9.83. The topological polar surface area (TPSA) is 83.5 Å². The number of hydrogen-bond donors (Lipinski definition) is 2.